The van der Waals surface area contributed by atoms with Crippen LogP contribution in [0.5, 0.6) is 0 Å². The molecule has 7 heteroatoms. The molecule has 0 saturated carbocycles. The number of anilines is 2. The molecule has 5 nitrogen and oxygen atoms in total. The molecule has 0 radical (unpaired) electrons. The fourth-order valence-corrected chi connectivity index (χ4v) is 5.19. The Hall–Kier alpha value is -4.20. The Morgan fingerprint density at radius 2 is 1.65 bits per heavy atom. The highest BCUT2D eigenvalue weighted by molar-refractivity contribution is 8.00. The fraction of sp³-hybridized carbons (Fsp3) is 0.0333. The van der Waals surface area contributed by atoms with Crippen LogP contribution < -0.4 is 10.6 Å². The van der Waals surface area contributed by atoms with Crippen LogP contribution in [0, 0.1) is 0 Å². The second kappa shape index (κ2) is 11.7. The van der Waals surface area contributed by atoms with E-state index in [4.69, 9.17) is 0 Å². The molecule has 0 bridgehead atoms. The first-order valence-corrected chi connectivity index (χ1v) is 13.5. The van der Waals surface area contributed by atoms with Crippen LogP contribution in [0.15, 0.2) is 113 Å². The molecule has 0 fully saturated rings. The zero-order chi connectivity index (χ0) is 25.5. The van der Waals surface area contributed by atoms with Gasteiger partial charge in [-0.05, 0) is 46.7 Å². The summed E-state index contributed by atoms with van der Waals surface area (Å²) in [6, 6.07) is 31.5. The Balaban J connectivity index is 1.14. The number of benzene rings is 4. The molecule has 1 aromatic heterocycles. The smallest absolute Gasteiger partial charge is 0.248 e. The monoisotopic (exact) mass is 521 g/mol. The van der Waals surface area contributed by atoms with Gasteiger partial charge in [0.05, 0.1) is 11.4 Å². The van der Waals surface area contributed by atoms with Crippen molar-refractivity contribution in [2.45, 2.75) is 4.90 Å². The van der Waals surface area contributed by atoms with Gasteiger partial charge in [0, 0.05) is 27.6 Å². The predicted octanol–water partition coefficient (Wildman–Crippen LogP) is 7.35. The second-order valence-corrected chi connectivity index (χ2v) is 10.1. The molecule has 0 saturated heterocycles. The minimum atomic E-state index is -0.213. The quantitative estimate of drug-likeness (QED) is 0.165. The van der Waals surface area contributed by atoms with E-state index in [2.05, 4.69) is 39.9 Å². The van der Waals surface area contributed by atoms with Gasteiger partial charge in [-0.3, -0.25) is 9.59 Å². The summed E-state index contributed by atoms with van der Waals surface area (Å²) in [5.41, 5.74) is 3.48. The second-order valence-electron chi connectivity index (χ2n) is 8.20. The van der Waals surface area contributed by atoms with Gasteiger partial charge in [-0.25, -0.2) is 4.98 Å². The van der Waals surface area contributed by atoms with Crippen LogP contribution in [0.2, 0.25) is 0 Å². The number of nitrogens with zero attached hydrogens (tertiary/aromatic N) is 1. The standard InChI is InChI=1S/C30H23N3O2S2/c34-28(16-13-21-7-2-1-3-8-21)31-25-11-6-12-26(18-25)36-20-29(35)33-30-32-27(19-37-30)24-15-14-22-9-4-5-10-23(22)17-24/h1-19H,20H2,(H,31,34)(H,32,33,35)/b16-13+. The number of carbonyl (C=O) groups is 2. The molecule has 0 spiro atoms. The molecule has 0 aliphatic rings. The van der Waals surface area contributed by atoms with Crippen molar-refractivity contribution < 1.29 is 9.59 Å². The van der Waals surface area contributed by atoms with Crippen molar-refractivity contribution in [3.63, 3.8) is 0 Å². The SMILES string of the molecule is O=C(/C=C/c1ccccc1)Nc1cccc(SCC(=O)Nc2nc(-c3ccc4ccccc4c3)cs2)c1. The number of nitrogens with one attached hydrogen (secondary N) is 2. The fourth-order valence-electron chi connectivity index (χ4n) is 3.70. The number of hydrogen-bond donors (Lipinski definition) is 2. The number of thiazole rings is 1. The third kappa shape index (κ3) is 6.73. The van der Waals surface area contributed by atoms with E-state index >= 15 is 0 Å². The number of rotatable bonds is 8. The average Bonchev–Trinajstić information content (AvgIpc) is 3.40. The highest BCUT2D eigenvalue weighted by atomic mass is 32.2. The molecular weight excluding hydrogens is 498 g/mol. The molecule has 2 amide bonds. The molecule has 4 aromatic carbocycles. The summed E-state index contributed by atoms with van der Waals surface area (Å²) >= 11 is 2.81. The van der Waals surface area contributed by atoms with Crippen molar-refractivity contribution in [3.05, 3.63) is 114 Å². The predicted molar refractivity (Wildman–Crippen MR) is 155 cm³/mol. The molecule has 37 heavy (non-hydrogen) atoms. The van der Waals surface area contributed by atoms with Crippen LogP contribution in [0.3, 0.4) is 0 Å². The summed E-state index contributed by atoms with van der Waals surface area (Å²) < 4.78 is 0. The maximum Gasteiger partial charge on any atom is 0.248 e. The number of fused-ring (bicyclic) bond motifs is 1. The zero-order valence-corrected chi connectivity index (χ0v) is 21.4. The Kier molecular flexibility index (Phi) is 7.74. The van der Waals surface area contributed by atoms with Gasteiger partial charge in [0.2, 0.25) is 11.8 Å². The maximum absolute atomic E-state index is 12.5. The van der Waals surface area contributed by atoms with Crippen LogP contribution in [-0.4, -0.2) is 22.6 Å². The molecule has 0 atom stereocenters. The molecule has 1 heterocycles. The number of carbonyl (C=O) groups excluding carboxylic acids is 2. The van der Waals surface area contributed by atoms with Gasteiger partial charge in [-0.2, -0.15) is 0 Å². The third-order valence-electron chi connectivity index (χ3n) is 5.49. The van der Waals surface area contributed by atoms with Gasteiger partial charge in [0.25, 0.3) is 0 Å². The lowest BCUT2D eigenvalue weighted by Gasteiger charge is -2.06. The van der Waals surface area contributed by atoms with Crippen LogP contribution in [0.1, 0.15) is 5.56 Å². The van der Waals surface area contributed by atoms with Crippen molar-refractivity contribution in [1.29, 1.82) is 0 Å². The van der Waals surface area contributed by atoms with Crippen molar-refractivity contribution >= 4 is 62.6 Å². The molecule has 182 valence electrons. The normalized spacial score (nSPS) is 11.0. The summed E-state index contributed by atoms with van der Waals surface area (Å²) in [4.78, 5) is 30.3. The van der Waals surface area contributed by atoms with Crippen molar-refractivity contribution in [2.24, 2.45) is 0 Å². The van der Waals surface area contributed by atoms with E-state index in [9.17, 15) is 9.59 Å². The molecule has 0 aliphatic carbocycles. The van der Waals surface area contributed by atoms with Gasteiger partial charge < -0.3 is 10.6 Å². The number of amides is 2. The molecule has 5 aromatic rings. The highest BCUT2D eigenvalue weighted by Gasteiger charge is 2.10. The Labute approximate surface area is 223 Å². The van der Waals surface area contributed by atoms with E-state index < -0.39 is 0 Å². The van der Waals surface area contributed by atoms with Gasteiger partial charge in [-0.15, -0.1) is 23.1 Å². The van der Waals surface area contributed by atoms with Crippen LogP contribution >= 0.6 is 23.1 Å². The van der Waals surface area contributed by atoms with Crippen LogP contribution in [-0.2, 0) is 9.59 Å². The van der Waals surface area contributed by atoms with Crippen molar-refractivity contribution in [1.82, 2.24) is 4.98 Å². The Bertz CT molecular complexity index is 1580. The summed E-state index contributed by atoms with van der Waals surface area (Å²) in [5, 5.41) is 10.6. The zero-order valence-electron chi connectivity index (χ0n) is 19.8. The van der Waals surface area contributed by atoms with Gasteiger partial charge >= 0.3 is 0 Å². The molecular formula is C30H23N3O2S2. The van der Waals surface area contributed by atoms with Crippen molar-refractivity contribution in [3.8, 4) is 11.3 Å². The lowest BCUT2D eigenvalue weighted by Crippen LogP contribution is -2.13. The van der Waals surface area contributed by atoms with E-state index in [0.29, 0.717) is 10.8 Å². The summed E-state index contributed by atoms with van der Waals surface area (Å²) in [6.07, 6.45) is 3.27. The van der Waals surface area contributed by atoms with Crippen LogP contribution in [0.4, 0.5) is 10.8 Å². The summed E-state index contributed by atoms with van der Waals surface area (Å²) in [7, 11) is 0. The first-order chi connectivity index (χ1) is 18.1. The van der Waals surface area contributed by atoms with Crippen LogP contribution in [0.25, 0.3) is 28.1 Å². The topological polar surface area (TPSA) is 71.1 Å². The third-order valence-corrected chi connectivity index (χ3v) is 7.25. The molecule has 0 unspecified atom stereocenters. The summed E-state index contributed by atoms with van der Waals surface area (Å²) in [6.45, 7) is 0. The Morgan fingerprint density at radius 3 is 2.51 bits per heavy atom. The number of hydrogen-bond acceptors (Lipinski definition) is 5. The van der Waals surface area contributed by atoms with E-state index in [-0.39, 0.29) is 17.6 Å². The maximum atomic E-state index is 12.5. The van der Waals surface area contributed by atoms with Gasteiger partial charge in [0.1, 0.15) is 0 Å². The minimum Gasteiger partial charge on any atom is -0.322 e. The molecule has 0 aliphatic heterocycles. The van der Waals surface area contributed by atoms with E-state index in [0.717, 1.165) is 27.1 Å². The highest BCUT2D eigenvalue weighted by Crippen LogP contribution is 2.28. The van der Waals surface area contributed by atoms with Gasteiger partial charge in [0.15, 0.2) is 5.13 Å². The molecule has 2 N–H and O–H groups in total. The largest absolute Gasteiger partial charge is 0.322 e. The summed E-state index contributed by atoms with van der Waals surface area (Å²) in [5.74, 6) is -0.115. The first-order valence-electron chi connectivity index (χ1n) is 11.6. The number of aromatic nitrogens is 1. The van der Waals surface area contributed by atoms with E-state index in [1.807, 2.05) is 78.2 Å². The first kappa shape index (κ1) is 24.5. The van der Waals surface area contributed by atoms with E-state index in [1.54, 1.807) is 6.08 Å². The average molecular weight is 522 g/mol. The minimum absolute atomic E-state index is 0.135. The number of thioether (sulfide) groups is 1. The molecule has 5 rings (SSSR count). The lowest BCUT2D eigenvalue weighted by atomic mass is 10.1. The van der Waals surface area contributed by atoms with E-state index in [1.165, 1.54) is 34.6 Å². The lowest BCUT2D eigenvalue weighted by molar-refractivity contribution is -0.114. The van der Waals surface area contributed by atoms with Crippen molar-refractivity contribution in [2.75, 3.05) is 16.4 Å². The Morgan fingerprint density at radius 1 is 0.838 bits per heavy atom. The van der Waals surface area contributed by atoms with Gasteiger partial charge in [-0.1, -0.05) is 72.8 Å².